The first kappa shape index (κ1) is 98.9. The van der Waals surface area contributed by atoms with Gasteiger partial charge >= 0.3 is 5.97 Å². The van der Waals surface area contributed by atoms with Crippen molar-refractivity contribution >= 4 is 76.9 Å². The molecule has 0 unspecified atom stereocenters. The summed E-state index contributed by atoms with van der Waals surface area (Å²) in [5, 5.41) is 41.1. The average Bonchev–Trinajstić information content (AvgIpc) is 1.64. The number of carbonyl (C=O) groups excluding carboxylic acids is 12. The van der Waals surface area contributed by atoms with Crippen molar-refractivity contribution in [1.82, 2.24) is 63.4 Å². The summed E-state index contributed by atoms with van der Waals surface area (Å²) in [5.74, 6) is -10.9. The molecule has 13 atom stereocenters. The lowest BCUT2D eigenvalue weighted by Crippen LogP contribution is -2.61. The number of rotatable bonds is 55. The van der Waals surface area contributed by atoms with Crippen LogP contribution in [0.15, 0.2) is 91.0 Å². The predicted molar refractivity (Wildman–Crippen MR) is 446 cm³/mol. The maximum Gasteiger partial charge on any atom is 0.326 e. The molecular formula is C85H137N17O14. The molecule has 0 saturated carbocycles. The number of benzene rings is 3. The molecule has 116 heavy (non-hydrogen) atoms. The Morgan fingerprint density at radius 3 is 0.957 bits per heavy atom. The molecule has 3 aromatic rings. The zero-order valence-electron chi connectivity index (χ0n) is 70.0. The zero-order chi connectivity index (χ0) is 86.0. The summed E-state index contributed by atoms with van der Waals surface area (Å²) in [6, 6.07) is 10.7. The predicted octanol–water partition coefficient (Wildman–Crippen LogP) is 2.81. The van der Waals surface area contributed by atoms with Crippen molar-refractivity contribution in [3.05, 3.63) is 108 Å². The summed E-state index contributed by atoms with van der Waals surface area (Å²) in [4.78, 5) is 189. The van der Waals surface area contributed by atoms with Gasteiger partial charge in [-0.15, -0.1) is 0 Å². The van der Waals surface area contributed by atoms with Gasteiger partial charge in [-0.1, -0.05) is 167 Å². The topological polar surface area (TPSA) is 508 Å². The fraction of sp³-hybridized carbons (Fsp3) is 0.635. The standard InChI is InChI=1S/C85H137N17O14/c1-52(2)45-64(94-76(106)63(38-23-27-43-89)93-75(105)62(37-22-26-42-88)92-74(104)61(36-21-25-41-87)91-73(103)60(90)35-20-24-40-86)77(107)95-66(47-54(5)6)79(109)100-70(48-55(7)8)84(114)102-44-28-39-71(102)83(113)99-68(50-58-31-16-12-17-32-58)81(111)96-65(46-53(3)4)78(108)97-67(49-57-29-14-11-15-30-57)80(110)98-69(51-59-33-18-13-19-34-59)82(112)101-72(56(9)10)85(115)116/h11-19,29-34,52-56,60-72H,20-28,35-51,86-90H2,1-10H3,(H,91,103)(H,92,104)(H,93,105)(H,94,106)(H,95,107)(H,96,111)(H,97,108)(H,98,110)(H,99,113)(H,100,109)(H,101,112)(H,115,116)/t60-,61-,62-,63-,64-,65-,66-,67-,68-,69-,70-,71-,72-/m0/s1. The van der Waals surface area contributed by atoms with E-state index in [0.29, 0.717) is 101 Å². The molecule has 1 saturated heterocycles. The van der Waals surface area contributed by atoms with Crippen molar-refractivity contribution in [3.8, 4) is 0 Å². The third-order valence-corrected chi connectivity index (χ3v) is 20.2. The second-order valence-corrected chi connectivity index (χ2v) is 32.7. The molecule has 1 heterocycles. The number of carbonyl (C=O) groups is 13. The van der Waals surface area contributed by atoms with Crippen LogP contribution in [0.4, 0.5) is 0 Å². The van der Waals surface area contributed by atoms with E-state index in [2.05, 4.69) is 58.5 Å². The molecule has 31 nitrogen and oxygen atoms in total. The minimum atomic E-state index is -1.34. The first-order valence-corrected chi connectivity index (χ1v) is 41.8. The lowest BCUT2D eigenvalue weighted by molar-refractivity contribution is -0.143. The van der Waals surface area contributed by atoms with Gasteiger partial charge < -0.3 is 97.2 Å². The Bertz CT molecular complexity index is 3560. The van der Waals surface area contributed by atoms with E-state index < -0.39 is 161 Å². The van der Waals surface area contributed by atoms with Gasteiger partial charge in [0.1, 0.15) is 72.5 Å². The third kappa shape index (κ3) is 36.0. The van der Waals surface area contributed by atoms with Gasteiger partial charge in [-0.25, -0.2) is 4.79 Å². The van der Waals surface area contributed by atoms with Crippen LogP contribution in [0.25, 0.3) is 0 Å². The Morgan fingerprint density at radius 1 is 0.353 bits per heavy atom. The Balaban J connectivity index is 1.61. The number of nitrogens with zero attached hydrogens (tertiary/aromatic N) is 1. The van der Waals surface area contributed by atoms with E-state index in [1.165, 1.54) is 4.90 Å². The molecule has 4 rings (SSSR count). The van der Waals surface area contributed by atoms with Crippen molar-refractivity contribution in [3.63, 3.8) is 0 Å². The minimum absolute atomic E-state index is 0.0298. The molecule has 22 N–H and O–H groups in total. The van der Waals surface area contributed by atoms with Gasteiger partial charge in [-0.2, -0.15) is 0 Å². The monoisotopic (exact) mass is 1620 g/mol. The Morgan fingerprint density at radius 2 is 0.629 bits per heavy atom. The van der Waals surface area contributed by atoms with Gasteiger partial charge in [-0.3, -0.25) is 57.5 Å². The SMILES string of the molecule is CC(C)C[C@H](NC(=O)[C@H](CCCCN)NC(=O)[C@H](CCCCN)NC(=O)[C@H](CCCCN)NC(=O)[C@@H](N)CCCCN)C(=O)N[C@@H](CC(C)C)C(=O)N[C@@H](CC(C)C)C(=O)N1CCC[C@H]1C(=O)N[C@@H](Cc1ccccc1)C(=O)N[C@@H](CC(C)C)C(=O)N[C@@H](Cc1ccccc1)C(=O)N[C@@H](Cc1ccccc1)C(=O)N[C@H](C(=O)O)C(C)C. The Hall–Kier alpha value is -9.43. The molecule has 1 fully saturated rings. The highest BCUT2D eigenvalue weighted by atomic mass is 16.4. The molecule has 3 aromatic carbocycles. The molecule has 0 aliphatic carbocycles. The molecule has 0 radical (unpaired) electrons. The number of carboxylic acids is 1. The lowest BCUT2D eigenvalue weighted by Gasteiger charge is -2.32. The highest BCUT2D eigenvalue weighted by Crippen LogP contribution is 2.23. The van der Waals surface area contributed by atoms with Crippen molar-refractivity contribution in [2.75, 3.05) is 32.7 Å². The number of amides is 12. The summed E-state index contributed by atoms with van der Waals surface area (Å²) in [7, 11) is 0. The second kappa shape index (κ2) is 53.0. The Labute approximate surface area is 685 Å². The quantitative estimate of drug-likeness (QED) is 0.0361. The van der Waals surface area contributed by atoms with Crippen LogP contribution in [0.2, 0.25) is 0 Å². The highest BCUT2D eigenvalue weighted by molar-refractivity contribution is 6.00. The van der Waals surface area contributed by atoms with Crippen LogP contribution < -0.4 is 87.2 Å². The number of nitrogens with two attached hydrogens (primary N) is 5. The van der Waals surface area contributed by atoms with Crippen molar-refractivity contribution in [2.45, 2.75) is 283 Å². The van der Waals surface area contributed by atoms with Crippen LogP contribution in [-0.4, -0.2) is 198 Å². The van der Waals surface area contributed by atoms with Gasteiger partial charge in [0.15, 0.2) is 0 Å². The Kier molecular flexibility index (Phi) is 45.2. The summed E-state index contributed by atoms with van der Waals surface area (Å²) >= 11 is 0. The van der Waals surface area contributed by atoms with Crippen LogP contribution >= 0.6 is 0 Å². The number of aliphatic carboxylic acids is 1. The van der Waals surface area contributed by atoms with Crippen molar-refractivity contribution in [2.24, 2.45) is 58.3 Å². The summed E-state index contributed by atoms with van der Waals surface area (Å²) < 4.78 is 0. The number of hydrogen-bond acceptors (Lipinski definition) is 18. The molecular weight excluding hydrogens is 1480 g/mol. The second-order valence-electron chi connectivity index (χ2n) is 32.7. The van der Waals surface area contributed by atoms with E-state index in [4.69, 9.17) is 28.7 Å². The van der Waals surface area contributed by atoms with Gasteiger partial charge in [0.2, 0.25) is 70.9 Å². The molecule has 0 bridgehead atoms. The lowest BCUT2D eigenvalue weighted by atomic mass is 9.98. The fourth-order valence-corrected chi connectivity index (χ4v) is 13.9. The first-order valence-electron chi connectivity index (χ1n) is 41.8. The van der Waals surface area contributed by atoms with E-state index in [1.807, 2.05) is 55.4 Å². The van der Waals surface area contributed by atoms with Crippen LogP contribution in [0, 0.1) is 29.6 Å². The first-order chi connectivity index (χ1) is 55.2. The minimum Gasteiger partial charge on any atom is -0.480 e. The number of carboxylic acid groups (broad SMARTS) is 1. The van der Waals surface area contributed by atoms with E-state index in [-0.39, 0.29) is 107 Å². The number of nitrogens with one attached hydrogen (secondary N) is 11. The van der Waals surface area contributed by atoms with Gasteiger partial charge in [0, 0.05) is 25.8 Å². The van der Waals surface area contributed by atoms with Crippen LogP contribution in [0.5, 0.6) is 0 Å². The number of hydrogen-bond donors (Lipinski definition) is 17. The number of likely N-dealkylation sites (tertiary alicyclic amines) is 1. The van der Waals surface area contributed by atoms with Gasteiger partial charge in [0.05, 0.1) is 6.04 Å². The van der Waals surface area contributed by atoms with E-state index >= 15 is 9.59 Å². The summed E-state index contributed by atoms with van der Waals surface area (Å²) in [5.41, 5.74) is 31.3. The summed E-state index contributed by atoms with van der Waals surface area (Å²) in [6.45, 7) is 19.5. The van der Waals surface area contributed by atoms with Crippen molar-refractivity contribution in [1.29, 1.82) is 0 Å². The van der Waals surface area contributed by atoms with Gasteiger partial charge in [0.25, 0.3) is 0 Å². The molecule has 0 aromatic heterocycles. The molecule has 31 heteroatoms. The van der Waals surface area contributed by atoms with Crippen molar-refractivity contribution < 1.29 is 67.4 Å². The molecule has 1 aliphatic rings. The summed E-state index contributed by atoms with van der Waals surface area (Å²) in [6.07, 6.45) is 5.60. The molecule has 646 valence electrons. The molecule has 1 aliphatic heterocycles. The fourth-order valence-electron chi connectivity index (χ4n) is 13.9. The molecule has 12 amide bonds. The number of unbranched alkanes of at least 4 members (excludes halogenated alkanes) is 4. The average molecular weight is 1620 g/mol. The maximum atomic E-state index is 15.2. The van der Waals surface area contributed by atoms with Gasteiger partial charge in [-0.05, 0) is 182 Å². The van der Waals surface area contributed by atoms with Crippen LogP contribution in [0.1, 0.15) is 202 Å². The largest absolute Gasteiger partial charge is 0.480 e. The zero-order valence-corrected chi connectivity index (χ0v) is 70.0. The van der Waals surface area contributed by atoms with Crippen LogP contribution in [-0.2, 0) is 81.6 Å². The highest BCUT2D eigenvalue weighted by Gasteiger charge is 2.42. The molecule has 0 spiro atoms. The van der Waals surface area contributed by atoms with E-state index in [0.717, 1.165) is 0 Å². The smallest absolute Gasteiger partial charge is 0.326 e. The van der Waals surface area contributed by atoms with E-state index in [9.17, 15) is 57.8 Å². The third-order valence-electron chi connectivity index (χ3n) is 20.2. The van der Waals surface area contributed by atoms with Crippen LogP contribution in [0.3, 0.4) is 0 Å². The normalized spacial score (nSPS) is 15.9. The maximum absolute atomic E-state index is 15.2. The van der Waals surface area contributed by atoms with E-state index in [1.54, 1.807) is 105 Å².